The van der Waals surface area contributed by atoms with E-state index in [1.165, 1.54) is 0 Å². The molecule has 1 rings (SSSR count). The number of rotatable bonds is 4. The molecule has 1 unspecified atom stereocenters. The SMILES string of the molecule is C[C@H](CC(C)(C)S(N)=O)c1cc(Br)cc(C(F)(F)F)c1. The van der Waals surface area contributed by atoms with E-state index in [1.807, 2.05) is 0 Å². The lowest BCUT2D eigenvalue weighted by atomic mass is 9.90. The Balaban J connectivity index is 3.08. The quantitative estimate of drug-likeness (QED) is 0.839. The normalized spacial score (nSPS) is 16.0. The maximum absolute atomic E-state index is 12.8. The van der Waals surface area contributed by atoms with Crippen LogP contribution in [0.1, 0.15) is 44.2 Å². The first-order valence-corrected chi connectivity index (χ1v) is 7.98. The van der Waals surface area contributed by atoms with Crippen LogP contribution in [-0.4, -0.2) is 8.96 Å². The van der Waals surface area contributed by atoms with Gasteiger partial charge in [-0.3, -0.25) is 5.14 Å². The standard InChI is InChI=1S/C13H17BrF3NOS/c1-8(7-12(2,3)20(18)19)9-4-10(13(15,16)17)6-11(14)5-9/h4-6,8H,7,18H2,1-3H3/t8-,20?/m1/s1. The second kappa shape index (κ2) is 6.15. The van der Waals surface area contributed by atoms with E-state index in [2.05, 4.69) is 15.9 Å². The zero-order valence-corrected chi connectivity index (χ0v) is 13.8. The van der Waals surface area contributed by atoms with Gasteiger partial charge in [-0.1, -0.05) is 22.9 Å². The van der Waals surface area contributed by atoms with Crippen LogP contribution in [-0.2, 0) is 17.2 Å². The van der Waals surface area contributed by atoms with Gasteiger partial charge in [0.2, 0.25) is 0 Å². The van der Waals surface area contributed by atoms with E-state index in [4.69, 9.17) is 5.14 Å². The summed E-state index contributed by atoms with van der Waals surface area (Å²) in [7, 11) is -1.53. The van der Waals surface area contributed by atoms with E-state index < -0.39 is 27.5 Å². The van der Waals surface area contributed by atoms with Crippen molar-refractivity contribution in [1.29, 1.82) is 0 Å². The van der Waals surface area contributed by atoms with E-state index in [0.29, 0.717) is 16.5 Å². The predicted molar refractivity (Wildman–Crippen MR) is 78.6 cm³/mol. The summed E-state index contributed by atoms with van der Waals surface area (Å²) in [5, 5.41) is 5.41. The molecule has 2 N–H and O–H groups in total. The van der Waals surface area contributed by atoms with Gasteiger partial charge in [-0.2, -0.15) is 13.2 Å². The Morgan fingerprint density at radius 2 is 1.85 bits per heavy atom. The monoisotopic (exact) mass is 371 g/mol. The summed E-state index contributed by atoms with van der Waals surface area (Å²) in [6.45, 7) is 5.28. The van der Waals surface area contributed by atoms with E-state index in [9.17, 15) is 17.4 Å². The molecule has 20 heavy (non-hydrogen) atoms. The molecule has 0 bridgehead atoms. The number of hydrogen-bond acceptors (Lipinski definition) is 1. The number of hydrogen-bond donors (Lipinski definition) is 1. The van der Waals surface area contributed by atoms with Crippen molar-refractivity contribution in [2.45, 2.75) is 44.0 Å². The average Bonchev–Trinajstić information content (AvgIpc) is 2.26. The second-order valence-corrected chi connectivity index (χ2v) is 8.05. The minimum atomic E-state index is -4.38. The molecule has 7 heteroatoms. The van der Waals surface area contributed by atoms with Crippen LogP contribution in [0.3, 0.4) is 0 Å². The Bertz CT molecular complexity index is 517. The third kappa shape index (κ3) is 4.56. The van der Waals surface area contributed by atoms with Crippen LogP contribution in [0, 0.1) is 0 Å². The summed E-state index contributed by atoms with van der Waals surface area (Å²) >= 11 is 3.10. The molecule has 1 aromatic rings. The largest absolute Gasteiger partial charge is 0.416 e. The van der Waals surface area contributed by atoms with Gasteiger partial charge in [-0.25, -0.2) is 4.21 Å². The molecule has 114 valence electrons. The Hall–Kier alpha value is -0.400. The molecule has 0 aliphatic heterocycles. The lowest BCUT2D eigenvalue weighted by molar-refractivity contribution is -0.137. The van der Waals surface area contributed by atoms with Gasteiger partial charge in [-0.15, -0.1) is 0 Å². The molecule has 0 aliphatic rings. The topological polar surface area (TPSA) is 43.1 Å². The van der Waals surface area contributed by atoms with Gasteiger partial charge in [0.15, 0.2) is 0 Å². The molecule has 2 nitrogen and oxygen atoms in total. The Labute approximate surface area is 127 Å². The fourth-order valence-electron chi connectivity index (χ4n) is 2.00. The lowest BCUT2D eigenvalue weighted by Gasteiger charge is -2.26. The van der Waals surface area contributed by atoms with Gasteiger partial charge >= 0.3 is 6.18 Å². The summed E-state index contributed by atoms with van der Waals surface area (Å²) < 4.78 is 49.5. The van der Waals surface area contributed by atoms with Gasteiger partial charge in [0.05, 0.1) is 21.3 Å². The second-order valence-electron chi connectivity index (χ2n) is 5.43. The minimum absolute atomic E-state index is 0.184. The first-order valence-electron chi connectivity index (χ1n) is 5.97. The minimum Gasteiger partial charge on any atom is -0.251 e. The van der Waals surface area contributed by atoms with E-state index in [-0.39, 0.29) is 5.92 Å². The molecule has 0 radical (unpaired) electrons. The van der Waals surface area contributed by atoms with Crippen LogP contribution in [0.2, 0.25) is 0 Å². The van der Waals surface area contributed by atoms with Gasteiger partial charge in [-0.05, 0) is 49.9 Å². The summed E-state index contributed by atoms with van der Waals surface area (Å²) in [5.41, 5.74) is -0.148. The molecule has 2 atom stereocenters. The highest BCUT2D eigenvalue weighted by molar-refractivity contribution is 9.10. The smallest absolute Gasteiger partial charge is 0.251 e. The molecule has 0 saturated heterocycles. The highest BCUT2D eigenvalue weighted by Gasteiger charge is 2.32. The molecule has 1 aromatic carbocycles. The van der Waals surface area contributed by atoms with Crippen LogP contribution < -0.4 is 5.14 Å². The molecule has 0 aromatic heterocycles. The zero-order valence-electron chi connectivity index (χ0n) is 11.4. The van der Waals surface area contributed by atoms with Crippen molar-refractivity contribution in [3.05, 3.63) is 33.8 Å². The highest BCUT2D eigenvalue weighted by atomic mass is 79.9. The van der Waals surface area contributed by atoms with Crippen molar-refractivity contribution < 1.29 is 17.4 Å². The van der Waals surface area contributed by atoms with Gasteiger partial charge in [0, 0.05) is 4.47 Å². The maximum atomic E-state index is 12.8. The fourth-order valence-corrected chi connectivity index (χ4v) is 2.92. The molecule has 0 aliphatic carbocycles. The predicted octanol–water partition coefficient (Wildman–Crippen LogP) is 4.36. The fraction of sp³-hybridized carbons (Fsp3) is 0.538. The van der Waals surface area contributed by atoms with Crippen molar-refractivity contribution in [2.75, 3.05) is 0 Å². The molecule has 0 fully saturated rings. The van der Waals surface area contributed by atoms with Crippen molar-refractivity contribution >= 4 is 26.9 Å². The summed E-state index contributed by atoms with van der Waals surface area (Å²) in [6.07, 6.45) is -3.95. The highest BCUT2D eigenvalue weighted by Crippen LogP contribution is 2.36. The lowest BCUT2D eigenvalue weighted by Crippen LogP contribution is -2.33. The number of benzene rings is 1. The molecular weight excluding hydrogens is 355 g/mol. The van der Waals surface area contributed by atoms with Gasteiger partial charge in [0.25, 0.3) is 0 Å². The summed E-state index contributed by atoms with van der Waals surface area (Å²) in [4.78, 5) is 0. The Kier molecular flexibility index (Phi) is 5.43. The molecular formula is C13H17BrF3NOS. The van der Waals surface area contributed by atoms with Crippen molar-refractivity contribution in [3.63, 3.8) is 0 Å². The van der Waals surface area contributed by atoms with Gasteiger partial charge < -0.3 is 0 Å². The molecule has 0 saturated carbocycles. The van der Waals surface area contributed by atoms with E-state index in [0.717, 1.165) is 12.1 Å². The van der Waals surface area contributed by atoms with Crippen molar-refractivity contribution in [2.24, 2.45) is 5.14 Å². The van der Waals surface area contributed by atoms with E-state index in [1.54, 1.807) is 26.8 Å². The number of alkyl halides is 3. The van der Waals surface area contributed by atoms with E-state index >= 15 is 0 Å². The Morgan fingerprint density at radius 3 is 2.30 bits per heavy atom. The summed E-state index contributed by atoms with van der Waals surface area (Å²) in [6, 6.07) is 3.82. The number of halogens is 4. The first-order chi connectivity index (χ1) is 8.93. The molecule has 0 amide bonds. The van der Waals surface area contributed by atoms with Crippen LogP contribution in [0.15, 0.2) is 22.7 Å². The van der Waals surface area contributed by atoms with Crippen molar-refractivity contribution in [3.8, 4) is 0 Å². The van der Waals surface area contributed by atoms with Crippen LogP contribution in [0.5, 0.6) is 0 Å². The van der Waals surface area contributed by atoms with Crippen LogP contribution >= 0.6 is 15.9 Å². The van der Waals surface area contributed by atoms with Gasteiger partial charge in [0.1, 0.15) is 0 Å². The zero-order chi connectivity index (χ0) is 15.7. The van der Waals surface area contributed by atoms with Crippen LogP contribution in [0.4, 0.5) is 13.2 Å². The molecule has 0 heterocycles. The Morgan fingerprint density at radius 1 is 1.30 bits per heavy atom. The number of nitrogens with two attached hydrogens (primary N) is 1. The molecule has 0 spiro atoms. The summed E-state index contributed by atoms with van der Waals surface area (Å²) in [5.74, 6) is -0.184. The third-order valence-corrected chi connectivity index (χ3v) is 4.87. The van der Waals surface area contributed by atoms with Crippen LogP contribution in [0.25, 0.3) is 0 Å². The first kappa shape index (κ1) is 17.7. The maximum Gasteiger partial charge on any atom is 0.416 e. The average molecular weight is 372 g/mol. The van der Waals surface area contributed by atoms with Crippen molar-refractivity contribution in [1.82, 2.24) is 0 Å². The third-order valence-electron chi connectivity index (χ3n) is 3.16.